The van der Waals surface area contributed by atoms with Crippen molar-refractivity contribution in [3.63, 3.8) is 0 Å². The molecule has 0 spiro atoms. The third kappa shape index (κ3) is 4.87. The van der Waals surface area contributed by atoms with Crippen molar-refractivity contribution in [1.29, 1.82) is 0 Å². The number of hydrogen-bond acceptors (Lipinski definition) is 3. The highest BCUT2D eigenvalue weighted by Crippen LogP contribution is 2.41. The summed E-state index contributed by atoms with van der Waals surface area (Å²) >= 11 is 3.43. The van der Waals surface area contributed by atoms with Crippen LogP contribution < -0.4 is 5.32 Å². The zero-order valence-corrected chi connectivity index (χ0v) is 17.4. The second-order valence-corrected chi connectivity index (χ2v) is 8.96. The van der Waals surface area contributed by atoms with Crippen LogP contribution >= 0.6 is 15.9 Å². The van der Waals surface area contributed by atoms with Gasteiger partial charge in [-0.15, -0.1) is 0 Å². The van der Waals surface area contributed by atoms with E-state index in [0.717, 1.165) is 15.6 Å². The molecule has 2 fully saturated rings. The van der Waals surface area contributed by atoms with Gasteiger partial charge in [0.05, 0.1) is 0 Å². The van der Waals surface area contributed by atoms with Gasteiger partial charge in [-0.05, 0) is 62.7 Å². The van der Waals surface area contributed by atoms with E-state index in [-0.39, 0.29) is 5.78 Å². The molecule has 2 aromatic rings. The Bertz CT molecular complexity index is 796. The first-order chi connectivity index (χ1) is 13.1. The molecule has 1 saturated heterocycles. The van der Waals surface area contributed by atoms with Crippen molar-refractivity contribution in [2.75, 3.05) is 20.1 Å². The lowest BCUT2D eigenvalue weighted by atomic mass is 10.0. The van der Waals surface area contributed by atoms with Gasteiger partial charge in [-0.2, -0.15) is 0 Å². The summed E-state index contributed by atoms with van der Waals surface area (Å²) in [7, 11) is 2.21. The lowest BCUT2D eigenvalue weighted by Gasteiger charge is -2.29. The quantitative estimate of drug-likeness (QED) is 0.693. The van der Waals surface area contributed by atoms with Gasteiger partial charge >= 0.3 is 0 Å². The van der Waals surface area contributed by atoms with Gasteiger partial charge in [-0.1, -0.05) is 52.3 Å². The van der Waals surface area contributed by atoms with Crippen LogP contribution in [0.5, 0.6) is 0 Å². The van der Waals surface area contributed by atoms with Crippen LogP contribution in [0, 0.1) is 0 Å². The average molecular weight is 427 g/mol. The number of carbonyl (C=O) groups excluding carboxylic acids is 1. The number of nitrogens with one attached hydrogen (secondary N) is 1. The van der Waals surface area contributed by atoms with E-state index < -0.39 is 0 Å². The van der Waals surface area contributed by atoms with Gasteiger partial charge in [0.2, 0.25) is 0 Å². The van der Waals surface area contributed by atoms with Gasteiger partial charge in [-0.3, -0.25) is 4.79 Å². The van der Waals surface area contributed by atoms with Crippen LogP contribution in [-0.4, -0.2) is 42.9 Å². The van der Waals surface area contributed by atoms with Crippen LogP contribution in [0.25, 0.3) is 0 Å². The summed E-state index contributed by atoms with van der Waals surface area (Å²) in [6, 6.07) is 17.6. The fraction of sp³-hybridized carbons (Fsp3) is 0.435. The Kier molecular flexibility index (Phi) is 5.76. The molecule has 1 aliphatic carbocycles. The van der Waals surface area contributed by atoms with Crippen molar-refractivity contribution < 1.29 is 4.79 Å². The Morgan fingerprint density at radius 1 is 1.15 bits per heavy atom. The lowest BCUT2D eigenvalue weighted by Crippen LogP contribution is -2.41. The highest BCUT2D eigenvalue weighted by Gasteiger charge is 2.39. The maximum Gasteiger partial charge on any atom is 0.167 e. The number of Topliss-reactive ketones (excluding diaryl/α,β-unsaturated/α-hetero) is 1. The van der Waals surface area contributed by atoms with Crippen LogP contribution in [0.4, 0.5) is 0 Å². The largest absolute Gasteiger partial charge is 0.311 e. The first-order valence-corrected chi connectivity index (χ1v) is 10.7. The number of rotatable bonds is 6. The third-order valence-corrected chi connectivity index (χ3v) is 6.37. The molecule has 3 nitrogen and oxygen atoms in total. The summed E-state index contributed by atoms with van der Waals surface area (Å²) in [6.45, 7) is 2.41. The Morgan fingerprint density at radius 3 is 2.59 bits per heavy atom. The fourth-order valence-corrected chi connectivity index (χ4v) is 4.46. The Labute approximate surface area is 170 Å². The number of likely N-dealkylation sites (tertiary alicyclic amines) is 1. The van der Waals surface area contributed by atoms with E-state index in [1.165, 1.54) is 37.9 Å². The number of nitrogens with zero attached hydrogens (tertiary/aromatic N) is 1. The zero-order chi connectivity index (χ0) is 18.8. The summed E-state index contributed by atoms with van der Waals surface area (Å²) in [5, 5.41) is 3.85. The Hall–Kier alpha value is -1.49. The normalized spacial score (nSPS) is 23.3. The lowest BCUT2D eigenvalue weighted by molar-refractivity contribution is 0.0993. The number of halogens is 1. The smallest absolute Gasteiger partial charge is 0.167 e. The molecular formula is C23H27BrN2O. The van der Waals surface area contributed by atoms with E-state index in [4.69, 9.17) is 0 Å². The molecule has 4 heteroatoms. The number of piperidine rings is 1. The molecule has 1 aliphatic heterocycles. The first kappa shape index (κ1) is 18.9. The highest BCUT2D eigenvalue weighted by atomic mass is 79.9. The summed E-state index contributed by atoms with van der Waals surface area (Å²) in [5.41, 5.74) is 3.25. The molecule has 0 amide bonds. The maximum absolute atomic E-state index is 12.5. The molecule has 4 rings (SSSR count). The van der Waals surface area contributed by atoms with E-state index in [1.54, 1.807) is 0 Å². The van der Waals surface area contributed by atoms with Crippen molar-refractivity contribution in [2.45, 2.75) is 43.7 Å². The minimum Gasteiger partial charge on any atom is -0.311 e. The number of benzene rings is 2. The molecule has 0 aromatic heterocycles. The maximum atomic E-state index is 12.5. The van der Waals surface area contributed by atoms with Crippen LogP contribution in [-0.2, 0) is 6.42 Å². The Balaban J connectivity index is 1.30. The monoisotopic (exact) mass is 426 g/mol. The van der Waals surface area contributed by atoms with E-state index in [0.29, 0.717) is 24.4 Å². The number of ketones is 1. The van der Waals surface area contributed by atoms with Gasteiger partial charge < -0.3 is 10.2 Å². The molecule has 0 bridgehead atoms. The second-order valence-electron chi connectivity index (χ2n) is 8.04. The molecule has 142 valence electrons. The van der Waals surface area contributed by atoms with Crippen molar-refractivity contribution in [2.24, 2.45) is 0 Å². The summed E-state index contributed by atoms with van der Waals surface area (Å²) in [6.07, 6.45) is 4.22. The molecule has 27 heavy (non-hydrogen) atoms. The summed E-state index contributed by atoms with van der Waals surface area (Å²) in [4.78, 5) is 14.9. The van der Waals surface area contributed by atoms with Crippen LogP contribution in [0.15, 0.2) is 53.0 Å². The van der Waals surface area contributed by atoms with Crippen LogP contribution in [0.1, 0.15) is 46.7 Å². The van der Waals surface area contributed by atoms with Gasteiger partial charge in [-0.25, -0.2) is 0 Å². The van der Waals surface area contributed by atoms with Crippen molar-refractivity contribution >= 4 is 21.7 Å². The molecule has 2 aromatic carbocycles. The molecular weight excluding hydrogens is 400 g/mol. The predicted octanol–water partition coefficient (Wildman–Crippen LogP) is 4.41. The van der Waals surface area contributed by atoms with Crippen LogP contribution in [0.3, 0.4) is 0 Å². The van der Waals surface area contributed by atoms with Gasteiger partial charge in [0.25, 0.3) is 0 Å². The molecule has 1 heterocycles. The summed E-state index contributed by atoms with van der Waals surface area (Å²) in [5.74, 6) is 0.803. The first-order valence-electron chi connectivity index (χ1n) is 9.90. The minimum atomic E-state index is 0.164. The van der Waals surface area contributed by atoms with E-state index in [9.17, 15) is 4.79 Å². The second kappa shape index (κ2) is 8.26. The van der Waals surface area contributed by atoms with E-state index in [1.807, 2.05) is 24.3 Å². The zero-order valence-electron chi connectivity index (χ0n) is 15.8. The van der Waals surface area contributed by atoms with Crippen molar-refractivity contribution in [3.8, 4) is 0 Å². The molecule has 2 aliphatic rings. The van der Waals surface area contributed by atoms with E-state index >= 15 is 0 Å². The van der Waals surface area contributed by atoms with Crippen LogP contribution in [0.2, 0.25) is 0 Å². The predicted molar refractivity (Wildman–Crippen MR) is 113 cm³/mol. The van der Waals surface area contributed by atoms with Crippen molar-refractivity contribution in [3.05, 3.63) is 69.7 Å². The van der Waals surface area contributed by atoms with Gasteiger partial charge in [0.15, 0.2) is 5.78 Å². The highest BCUT2D eigenvalue weighted by molar-refractivity contribution is 9.10. The number of carbonyl (C=O) groups is 1. The standard InChI is InChI=1S/C23H27BrN2O/c1-26-11-9-20(10-12-26)25-22-15-21(22)17-7-5-16(6-8-17)13-23(27)18-3-2-4-19(24)14-18/h2-8,14,20-22,25H,9-13,15H2,1H3. The average Bonchev–Trinajstić information content (AvgIpc) is 3.43. The van der Waals surface area contributed by atoms with E-state index in [2.05, 4.69) is 57.5 Å². The fourth-order valence-electron chi connectivity index (χ4n) is 4.06. The summed E-state index contributed by atoms with van der Waals surface area (Å²) < 4.78 is 0.945. The van der Waals surface area contributed by atoms with Crippen molar-refractivity contribution in [1.82, 2.24) is 10.2 Å². The topological polar surface area (TPSA) is 32.3 Å². The SMILES string of the molecule is CN1CCC(NC2CC2c2ccc(CC(=O)c3cccc(Br)c3)cc2)CC1. The molecule has 2 unspecified atom stereocenters. The molecule has 2 atom stereocenters. The molecule has 1 N–H and O–H groups in total. The number of hydrogen-bond donors (Lipinski definition) is 1. The van der Waals surface area contributed by atoms with Gasteiger partial charge in [0, 0.05) is 34.5 Å². The molecule has 0 radical (unpaired) electrons. The Morgan fingerprint density at radius 2 is 1.89 bits per heavy atom. The minimum absolute atomic E-state index is 0.164. The molecule has 1 saturated carbocycles. The third-order valence-electron chi connectivity index (χ3n) is 5.88. The van der Waals surface area contributed by atoms with Gasteiger partial charge in [0.1, 0.15) is 0 Å².